The van der Waals surface area contributed by atoms with E-state index in [2.05, 4.69) is 15.9 Å². The summed E-state index contributed by atoms with van der Waals surface area (Å²) in [4.78, 5) is 13.8. The van der Waals surface area contributed by atoms with E-state index in [-0.39, 0.29) is 18.2 Å². The highest BCUT2D eigenvalue weighted by molar-refractivity contribution is 8.24. The number of nitrogens with zero attached hydrogens (tertiary/aromatic N) is 1. The van der Waals surface area contributed by atoms with Crippen LogP contribution in [0.3, 0.4) is 0 Å². The molecule has 29 heavy (non-hydrogen) atoms. The van der Waals surface area contributed by atoms with Gasteiger partial charge in [-0.15, -0.1) is 0 Å². The van der Waals surface area contributed by atoms with Crippen molar-refractivity contribution in [2.45, 2.75) is 19.1 Å². The standard InChI is InChI=1S/C18H16F4N2O3S2/c19-16-8-14(3-4-15(16)18(20,21)22)27-13-2-1-11-5-6-24(10-12(11)7-13)17(25)9-23-29(26)28/h1-4,7-8,23H,5-6,9-10H2,(H,26,28). The van der Waals surface area contributed by atoms with Gasteiger partial charge >= 0.3 is 6.18 Å². The first-order chi connectivity index (χ1) is 13.6. The predicted molar refractivity (Wildman–Crippen MR) is 102 cm³/mol. The van der Waals surface area contributed by atoms with Gasteiger partial charge in [0.25, 0.3) is 0 Å². The Bertz CT molecular complexity index is 953. The summed E-state index contributed by atoms with van der Waals surface area (Å²) in [5.74, 6) is -1.38. The van der Waals surface area contributed by atoms with E-state index in [1.165, 1.54) is 0 Å². The monoisotopic (exact) mass is 448 g/mol. The topological polar surface area (TPSA) is 61.8 Å². The zero-order chi connectivity index (χ0) is 21.2. The van der Waals surface area contributed by atoms with Crippen molar-refractivity contribution in [1.29, 1.82) is 0 Å². The van der Waals surface area contributed by atoms with Crippen LogP contribution in [0.15, 0.2) is 36.4 Å². The molecule has 1 atom stereocenters. The maximum Gasteiger partial charge on any atom is 0.419 e. The minimum atomic E-state index is -4.78. The van der Waals surface area contributed by atoms with Gasteiger partial charge in [0.2, 0.25) is 5.91 Å². The number of benzene rings is 2. The van der Waals surface area contributed by atoms with Crippen LogP contribution in [-0.2, 0) is 45.0 Å². The Hall–Kier alpha value is -2.08. The second-order valence-electron chi connectivity index (χ2n) is 6.31. The molecule has 0 aromatic heterocycles. The molecule has 156 valence electrons. The van der Waals surface area contributed by atoms with Gasteiger partial charge in [-0.25, -0.2) is 9.11 Å². The van der Waals surface area contributed by atoms with Gasteiger partial charge in [0.05, 0.1) is 22.0 Å². The highest BCUT2D eigenvalue weighted by Gasteiger charge is 2.34. The normalized spacial score (nSPS) is 15.0. The number of carbonyl (C=O) groups excluding carboxylic acids is 1. The molecule has 2 aromatic rings. The third-order valence-electron chi connectivity index (χ3n) is 4.37. The van der Waals surface area contributed by atoms with Crippen LogP contribution in [0.25, 0.3) is 0 Å². The number of amides is 1. The van der Waals surface area contributed by atoms with E-state index in [0.717, 1.165) is 17.2 Å². The van der Waals surface area contributed by atoms with Crippen molar-refractivity contribution in [3.8, 4) is 11.5 Å². The quantitative estimate of drug-likeness (QED) is 0.685. The number of ether oxygens (including phenoxy) is 1. The SMILES string of the molecule is O=C(CNS(O)=S)N1CCc2ccc(Oc3ccc(C(F)(F)F)c(F)c3)cc2C1. The van der Waals surface area contributed by atoms with Crippen molar-refractivity contribution in [1.82, 2.24) is 9.62 Å². The van der Waals surface area contributed by atoms with Gasteiger partial charge in [0.1, 0.15) is 17.3 Å². The molecule has 0 saturated carbocycles. The zero-order valence-electron chi connectivity index (χ0n) is 14.8. The smallest absolute Gasteiger partial charge is 0.419 e. The molecule has 1 heterocycles. The van der Waals surface area contributed by atoms with Crippen LogP contribution in [0, 0.1) is 5.82 Å². The number of carbonyl (C=O) groups is 1. The Labute approximate surface area is 171 Å². The summed E-state index contributed by atoms with van der Waals surface area (Å²) in [7, 11) is -1.46. The van der Waals surface area contributed by atoms with Crippen LogP contribution >= 0.6 is 0 Å². The molecule has 0 bridgehead atoms. The summed E-state index contributed by atoms with van der Waals surface area (Å²) in [5.41, 5.74) is 0.469. The first-order valence-corrected chi connectivity index (χ1v) is 10.5. The van der Waals surface area contributed by atoms with Gasteiger partial charge in [-0.1, -0.05) is 6.07 Å². The van der Waals surface area contributed by atoms with Crippen LogP contribution in [0.2, 0.25) is 0 Å². The van der Waals surface area contributed by atoms with Gasteiger partial charge in [-0.05, 0) is 53.0 Å². The molecular weight excluding hydrogens is 432 g/mol. The van der Waals surface area contributed by atoms with Crippen molar-refractivity contribution in [2.24, 2.45) is 0 Å². The van der Waals surface area contributed by atoms with Crippen LogP contribution in [0.1, 0.15) is 16.7 Å². The molecule has 1 aliphatic heterocycles. The van der Waals surface area contributed by atoms with Crippen LogP contribution in [0.5, 0.6) is 11.5 Å². The third kappa shape index (κ3) is 5.50. The first kappa shape index (κ1) is 21.6. The van der Waals surface area contributed by atoms with E-state index < -0.39 is 27.5 Å². The van der Waals surface area contributed by atoms with E-state index in [1.54, 1.807) is 23.1 Å². The lowest BCUT2D eigenvalue weighted by Crippen LogP contribution is -2.41. The summed E-state index contributed by atoms with van der Waals surface area (Å²) in [6, 6.07) is 7.48. The van der Waals surface area contributed by atoms with Crippen molar-refractivity contribution >= 4 is 27.0 Å². The molecule has 0 saturated heterocycles. The second-order valence-corrected chi connectivity index (χ2v) is 8.04. The number of rotatable bonds is 5. The third-order valence-corrected chi connectivity index (χ3v) is 5.12. The minimum Gasteiger partial charge on any atom is -0.457 e. The Morgan fingerprint density at radius 2 is 1.90 bits per heavy atom. The summed E-state index contributed by atoms with van der Waals surface area (Å²) in [6.45, 7) is 0.735. The van der Waals surface area contributed by atoms with Gasteiger partial charge in [0.15, 0.2) is 0 Å². The van der Waals surface area contributed by atoms with Gasteiger partial charge in [0, 0.05) is 19.2 Å². The Balaban J connectivity index is 1.72. The average Bonchev–Trinajstić information content (AvgIpc) is 2.64. The number of alkyl halides is 3. The number of hydrogen-bond acceptors (Lipinski definition) is 3. The summed E-state index contributed by atoms with van der Waals surface area (Å²) < 4.78 is 68.8. The average molecular weight is 448 g/mol. The second kappa shape index (κ2) is 8.74. The van der Waals surface area contributed by atoms with E-state index in [1.807, 2.05) is 0 Å². The number of hydrogen-bond donors (Lipinski definition) is 2. The van der Waals surface area contributed by atoms with Crippen LogP contribution in [0.4, 0.5) is 17.6 Å². The Kier molecular flexibility index (Phi) is 6.52. The summed E-state index contributed by atoms with van der Waals surface area (Å²) in [6.07, 6.45) is -4.16. The highest BCUT2D eigenvalue weighted by atomic mass is 32.8. The molecule has 3 rings (SSSR count). The lowest BCUT2D eigenvalue weighted by atomic mass is 9.99. The molecule has 5 nitrogen and oxygen atoms in total. The molecule has 1 aliphatic rings. The largest absolute Gasteiger partial charge is 0.457 e. The van der Waals surface area contributed by atoms with Gasteiger partial charge < -0.3 is 14.2 Å². The fourth-order valence-corrected chi connectivity index (χ4v) is 3.39. The lowest BCUT2D eigenvalue weighted by Gasteiger charge is -2.29. The minimum absolute atomic E-state index is 0.0659. The number of nitrogens with one attached hydrogen (secondary N) is 1. The van der Waals surface area contributed by atoms with Gasteiger partial charge in [-0.2, -0.15) is 13.2 Å². The van der Waals surface area contributed by atoms with Crippen molar-refractivity contribution in [3.63, 3.8) is 0 Å². The van der Waals surface area contributed by atoms with Crippen molar-refractivity contribution in [3.05, 3.63) is 58.9 Å². The Morgan fingerprint density at radius 3 is 2.55 bits per heavy atom. The first-order valence-electron chi connectivity index (χ1n) is 8.42. The molecule has 0 aliphatic carbocycles. The summed E-state index contributed by atoms with van der Waals surface area (Å²) in [5, 5.41) is 0. The molecular formula is C18H16F4N2O3S2. The van der Waals surface area contributed by atoms with Crippen LogP contribution < -0.4 is 9.46 Å². The van der Waals surface area contributed by atoms with Crippen molar-refractivity contribution in [2.75, 3.05) is 13.1 Å². The lowest BCUT2D eigenvalue weighted by molar-refractivity contribution is -0.140. The van der Waals surface area contributed by atoms with Gasteiger partial charge in [-0.3, -0.25) is 4.79 Å². The maximum atomic E-state index is 13.7. The van der Waals surface area contributed by atoms with Crippen molar-refractivity contribution < 1.29 is 31.6 Å². The number of halogens is 4. The maximum absolute atomic E-state index is 13.7. The summed E-state index contributed by atoms with van der Waals surface area (Å²) >= 11 is 4.57. The fraction of sp³-hybridized carbons (Fsp3) is 0.278. The van der Waals surface area contributed by atoms with E-state index in [9.17, 15) is 22.4 Å². The molecule has 2 N–H and O–H groups in total. The fourth-order valence-electron chi connectivity index (χ4n) is 2.97. The molecule has 0 fully saturated rings. The van der Waals surface area contributed by atoms with E-state index in [4.69, 9.17) is 9.29 Å². The zero-order valence-corrected chi connectivity index (χ0v) is 16.5. The molecule has 0 spiro atoms. The highest BCUT2D eigenvalue weighted by Crippen LogP contribution is 2.34. The van der Waals surface area contributed by atoms with E-state index in [0.29, 0.717) is 37.4 Å². The molecule has 11 heteroatoms. The molecule has 0 radical (unpaired) electrons. The molecule has 2 aromatic carbocycles. The molecule has 1 amide bonds. The van der Waals surface area contributed by atoms with Crippen LogP contribution in [-0.4, -0.2) is 28.4 Å². The Morgan fingerprint density at radius 1 is 1.21 bits per heavy atom. The predicted octanol–water partition coefficient (Wildman–Crippen LogP) is 3.58. The number of fused-ring (bicyclic) bond motifs is 1. The van der Waals surface area contributed by atoms with E-state index >= 15 is 0 Å². The molecule has 1 unspecified atom stereocenters.